The maximum absolute atomic E-state index is 12.1. The summed E-state index contributed by atoms with van der Waals surface area (Å²) in [6.07, 6.45) is 0.622. The van der Waals surface area contributed by atoms with Crippen molar-refractivity contribution in [1.29, 1.82) is 0 Å². The number of hydrogen-bond donors (Lipinski definition) is 1. The van der Waals surface area contributed by atoms with Gasteiger partial charge >= 0.3 is 6.09 Å². The average Bonchev–Trinajstić information content (AvgIpc) is 2.81. The maximum Gasteiger partial charge on any atom is 0.406 e. The summed E-state index contributed by atoms with van der Waals surface area (Å²) in [5.74, 6) is 0.00764. The first-order valence-electron chi connectivity index (χ1n) is 6.02. The second-order valence-electron chi connectivity index (χ2n) is 4.24. The van der Waals surface area contributed by atoms with Crippen LogP contribution in [0.15, 0.2) is 22.7 Å². The summed E-state index contributed by atoms with van der Waals surface area (Å²) in [6.45, 7) is 0.980. The molecule has 0 radical (unpaired) electrons. The zero-order valence-corrected chi connectivity index (χ0v) is 12.2. The Morgan fingerprint density at radius 1 is 1.47 bits per heavy atom. The van der Waals surface area contributed by atoms with E-state index in [-0.39, 0.29) is 18.9 Å². The Bertz CT molecular complexity index is 505. The van der Waals surface area contributed by atoms with Gasteiger partial charge in [0.2, 0.25) is 5.91 Å². The fourth-order valence-corrected chi connectivity index (χ4v) is 2.44. The Kier molecular flexibility index (Phi) is 4.42. The second-order valence-corrected chi connectivity index (χ2v) is 5.15. The molecule has 0 spiro atoms. The summed E-state index contributed by atoms with van der Waals surface area (Å²) >= 11 is 3.41. The zero-order valence-electron chi connectivity index (χ0n) is 10.6. The van der Waals surface area contributed by atoms with Crippen LogP contribution in [0.4, 0.5) is 10.5 Å². The molecule has 1 aromatic carbocycles. The lowest BCUT2D eigenvalue weighted by Crippen LogP contribution is -2.33. The van der Waals surface area contributed by atoms with E-state index in [2.05, 4.69) is 26.0 Å². The first-order chi connectivity index (χ1) is 9.11. The van der Waals surface area contributed by atoms with Crippen LogP contribution in [-0.2, 0) is 16.0 Å². The molecule has 0 atom stereocenters. The second kappa shape index (κ2) is 6.06. The van der Waals surface area contributed by atoms with Crippen molar-refractivity contribution in [3.63, 3.8) is 0 Å². The van der Waals surface area contributed by atoms with Crippen LogP contribution in [0.3, 0.4) is 0 Å². The van der Waals surface area contributed by atoms with E-state index in [1.807, 2.05) is 18.2 Å². The molecule has 0 bridgehead atoms. The van der Waals surface area contributed by atoms with Gasteiger partial charge in [0.25, 0.3) is 0 Å². The standard InChI is InChI=1S/C13H15BrN2O3/c1-19-13(18)15-6-4-12(17)16-7-5-9-2-3-10(14)8-11(9)16/h2-3,8H,4-7H2,1H3,(H,15,18). The molecule has 1 heterocycles. The number of benzene rings is 1. The topological polar surface area (TPSA) is 58.6 Å². The van der Waals surface area contributed by atoms with E-state index in [4.69, 9.17) is 0 Å². The Labute approximate surface area is 120 Å². The van der Waals surface area contributed by atoms with E-state index < -0.39 is 6.09 Å². The Morgan fingerprint density at radius 2 is 2.26 bits per heavy atom. The quantitative estimate of drug-likeness (QED) is 0.925. The number of ether oxygens (including phenoxy) is 1. The highest BCUT2D eigenvalue weighted by molar-refractivity contribution is 9.10. The minimum absolute atomic E-state index is 0.00764. The molecule has 0 aliphatic carbocycles. The number of carbonyl (C=O) groups excluding carboxylic acids is 2. The monoisotopic (exact) mass is 326 g/mol. The van der Waals surface area contributed by atoms with Crippen molar-refractivity contribution in [1.82, 2.24) is 5.32 Å². The Balaban J connectivity index is 1.95. The third-order valence-corrected chi connectivity index (χ3v) is 3.53. The van der Waals surface area contributed by atoms with Crippen LogP contribution in [0, 0.1) is 0 Å². The van der Waals surface area contributed by atoms with Crippen LogP contribution < -0.4 is 10.2 Å². The van der Waals surface area contributed by atoms with Crippen LogP contribution in [0.1, 0.15) is 12.0 Å². The average molecular weight is 327 g/mol. The summed E-state index contributed by atoms with van der Waals surface area (Å²) in [5, 5.41) is 2.50. The van der Waals surface area contributed by atoms with E-state index in [1.165, 1.54) is 12.7 Å². The van der Waals surface area contributed by atoms with Gasteiger partial charge in [-0.05, 0) is 24.1 Å². The first kappa shape index (κ1) is 13.9. The van der Waals surface area contributed by atoms with Gasteiger partial charge in [-0.1, -0.05) is 22.0 Å². The van der Waals surface area contributed by atoms with Crippen molar-refractivity contribution in [2.45, 2.75) is 12.8 Å². The number of nitrogens with one attached hydrogen (secondary N) is 1. The fourth-order valence-electron chi connectivity index (χ4n) is 2.09. The maximum atomic E-state index is 12.1. The molecule has 19 heavy (non-hydrogen) atoms. The van der Waals surface area contributed by atoms with Crippen LogP contribution in [0.2, 0.25) is 0 Å². The van der Waals surface area contributed by atoms with Gasteiger partial charge in [0.05, 0.1) is 7.11 Å². The summed E-state index contributed by atoms with van der Waals surface area (Å²) in [6, 6.07) is 5.96. The number of anilines is 1. The smallest absolute Gasteiger partial charge is 0.406 e. The van der Waals surface area contributed by atoms with Gasteiger partial charge in [0, 0.05) is 29.7 Å². The van der Waals surface area contributed by atoms with Crippen molar-refractivity contribution >= 4 is 33.6 Å². The first-order valence-corrected chi connectivity index (χ1v) is 6.81. The van der Waals surface area contributed by atoms with Crippen molar-refractivity contribution in [3.8, 4) is 0 Å². The van der Waals surface area contributed by atoms with Gasteiger partial charge in [0.1, 0.15) is 0 Å². The van der Waals surface area contributed by atoms with Crippen molar-refractivity contribution in [3.05, 3.63) is 28.2 Å². The number of fused-ring (bicyclic) bond motifs is 1. The fraction of sp³-hybridized carbons (Fsp3) is 0.385. The molecule has 6 heteroatoms. The molecular formula is C13H15BrN2O3. The van der Waals surface area contributed by atoms with Gasteiger partial charge in [-0.25, -0.2) is 4.79 Å². The summed E-state index contributed by atoms with van der Waals surface area (Å²) < 4.78 is 5.41. The molecule has 1 aliphatic rings. The third-order valence-electron chi connectivity index (χ3n) is 3.04. The number of amides is 2. The number of nitrogens with zero attached hydrogens (tertiary/aromatic N) is 1. The molecule has 1 aromatic rings. The highest BCUT2D eigenvalue weighted by atomic mass is 79.9. The number of carbonyl (C=O) groups is 2. The highest BCUT2D eigenvalue weighted by Gasteiger charge is 2.24. The van der Waals surface area contributed by atoms with E-state index in [0.717, 1.165) is 16.6 Å². The van der Waals surface area contributed by atoms with E-state index in [9.17, 15) is 9.59 Å². The molecule has 0 saturated heterocycles. The molecule has 0 unspecified atom stereocenters. The van der Waals surface area contributed by atoms with Crippen LogP contribution in [-0.4, -0.2) is 32.2 Å². The molecule has 1 N–H and O–H groups in total. The number of alkyl carbamates (subject to hydrolysis) is 1. The largest absolute Gasteiger partial charge is 0.453 e. The lowest BCUT2D eigenvalue weighted by atomic mass is 10.2. The van der Waals surface area contributed by atoms with Gasteiger partial charge in [-0.15, -0.1) is 0 Å². The Hall–Kier alpha value is -1.56. The van der Waals surface area contributed by atoms with Crippen LogP contribution >= 0.6 is 15.9 Å². The summed E-state index contributed by atoms with van der Waals surface area (Å²) in [5.41, 5.74) is 2.13. The van der Waals surface area contributed by atoms with Crippen LogP contribution in [0.25, 0.3) is 0 Å². The lowest BCUT2D eigenvalue weighted by Gasteiger charge is -2.17. The van der Waals surface area contributed by atoms with E-state index >= 15 is 0 Å². The molecule has 0 aromatic heterocycles. The van der Waals surface area contributed by atoms with Gasteiger partial charge < -0.3 is 15.0 Å². The molecule has 102 valence electrons. The number of hydrogen-bond acceptors (Lipinski definition) is 3. The van der Waals surface area contributed by atoms with Gasteiger partial charge in [0.15, 0.2) is 0 Å². The third kappa shape index (κ3) is 3.26. The number of rotatable bonds is 3. The molecule has 0 saturated carbocycles. The Morgan fingerprint density at radius 3 is 3.00 bits per heavy atom. The molecule has 2 amide bonds. The van der Waals surface area contributed by atoms with Crippen molar-refractivity contribution in [2.75, 3.05) is 25.1 Å². The van der Waals surface area contributed by atoms with E-state index in [1.54, 1.807) is 4.90 Å². The van der Waals surface area contributed by atoms with Crippen LogP contribution in [0.5, 0.6) is 0 Å². The number of halogens is 1. The normalized spacial score (nSPS) is 13.1. The summed E-state index contributed by atoms with van der Waals surface area (Å²) in [4.78, 5) is 24.8. The molecule has 2 rings (SSSR count). The number of methoxy groups -OCH3 is 1. The summed E-state index contributed by atoms with van der Waals surface area (Å²) in [7, 11) is 1.30. The van der Waals surface area contributed by atoms with E-state index in [0.29, 0.717) is 6.54 Å². The zero-order chi connectivity index (χ0) is 13.8. The molecule has 0 fully saturated rings. The lowest BCUT2D eigenvalue weighted by molar-refractivity contribution is -0.118. The molecular weight excluding hydrogens is 312 g/mol. The SMILES string of the molecule is COC(=O)NCCC(=O)N1CCc2ccc(Br)cc21. The predicted molar refractivity (Wildman–Crippen MR) is 75.2 cm³/mol. The van der Waals surface area contributed by atoms with Gasteiger partial charge in [-0.2, -0.15) is 0 Å². The minimum atomic E-state index is -0.516. The highest BCUT2D eigenvalue weighted by Crippen LogP contribution is 2.31. The van der Waals surface area contributed by atoms with Gasteiger partial charge in [-0.3, -0.25) is 4.79 Å². The van der Waals surface area contributed by atoms with Crippen molar-refractivity contribution in [2.24, 2.45) is 0 Å². The molecule has 5 nitrogen and oxygen atoms in total. The minimum Gasteiger partial charge on any atom is -0.453 e. The van der Waals surface area contributed by atoms with Crippen molar-refractivity contribution < 1.29 is 14.3 Å². The predicted octanol–water partition coefficient (Wildman–Crippen LogP) is 2.08. The molecule has 1 aliphatic heterocycles.